The standard InChI is InChI=1S/C22H23N3OS.C20H19N3OS/c1-4-17-18(15-7-5-14(6-8-15)12(2)11-23)19-16-9-10-27-21(16)22(26)25-20(19)13(3)24-17;1-11(9-21)13-3-5-14(6-4-13)16-10-22-12(2)18-17(16)15-7-8-25-19(15)20(24)23-18/h5-10,12H,4,11,23H2,1-3H3,(H,25,26);3-8,10-11H,9,21H2,1-2H3,(H,23,24). The zero-order chi connectivity index (χ0) is 36.7. The summed E-state index contributed by atoms with van der Waals surface area (Å²) in [6.45, 7) is 11.5. The van der Waals surface area contributed by atoms with Crippen LogP contribution in [0.15, 0.2) is 87.2 Å². The number of hydrogen-bond acceptors (Lipinski definition) is 8. The van der Waals surface area contributed by atoms with Crippen LogP contribution in [0.4, 0.5) is 0 Å². The minimum atomic E-state index is -0.0494. The number of nitrogens with two attached hydrogens (primary N) is 2. The Balaban J connectivity index is 0.000000162. The SMILES string of the molecule is CCc1nc(C)c2[nH]c(=O)c3sccc3c2c1-c1ccc(C(C)CN)cc1.Cc1ncc(-c2ccc(C(C)CN)cc2)c2c1[nH]c(=O)c1sccc12. The first-order valence-corrected chi connectivity index (χ1v) is 19.3. The van der Waals surface area contributed by atoms with Crippen molar-refractivity contribution in [3.63, 3.8) is 0 Å². The Hall–Kier alpha value is -5.00. The van der Waals surface area contributed by atoms with Crippen molar-refractivity contribution in [1.82, 2.24) is 19.9 Å². The molecule has 0 aliphatic heterocycles. The predicted molar refractivity (Wildman–Crippen MR) is 220 cm³/mol. The van der Waals surface area contributed by atoms with Gasteiger partial charge in [0.05, 0.1) is 22.4 Å². The second-order valence-corrected chi connectivity index (χ2v) is 15.2. The first-order chi connectivity index (χ1) is 25.1. The number of pyridine rings is 4. The van der Waals surface area contributed by atoms with Gasteiger partial charge < -0.3 is 21.4 Å². The molecule has 52 heavy (non-hydrogen) atoms. The smallest absolute Gasteiger partial charge is 0.266 e. The van der Waals surface area contributed by atoms with E-state index in [9.17, 15) is 9.59 Å². The topological polar surface area (TPSA) is 144 Å². The molecule has 10 heteroatoms. The molecule has 0 radical (unpaired) electrons. The molecule has 0 aliphatic carbocycles. The van der Waals surface area contributed by atoms with Gasteiger partial charge in [0.15, 0.2) is 0 Å². The van der Waals surface area contributed by atoms with Gasteiger partial charge in [0.2, 0.25) is 0 Å². The molecular weight excluding hydrogens is 685 g/mol. The fraction of sp³-hybridized carbons (Fsp3) is 0.238. The fourth-order valence-corrected chi connectivity index (χ4v) is 8.55. The summed E-state index contributed by atoms with van der Waals surface area (Å²) in [5.74, 6) is 0.666. The normalized spacial score (nSPS) is 12.8. The molecule has 2 atom stereocenters. The third-order valence-corrected chi connectivity index (χ3v) is 11.9. The maximum absolute atomic E-state index is 12.5. The molecule has 8 rings (SSSR count). The molecule has 0 spiro atoms. The number of aromatic nitrogens is 4. The van der Waals surface area contributed by atoms with E-state index in [-0.39, 0.29) is 11.1 Å². The second-order valence-electron chi connectivity index (χ2n) is 13.4. The molecule has 2 aromatic carbocycles. The number of H-pyrrole nitrogens is 2. The monoisotopic (exact) mass is 726 g/mol. The molecule has 8 aromatic rings. The number of benzene rings is 2. The van der Waals surface area contributed by atoms with Gasteiger partial charge in [-0.05, 0) is 90.3 Å². The van der Waals surface area contributed by atoms with Crippen LogP contribution >= 0.6 is 22.7 Å². The van der Waals surface area contributed by atoms with Gasteiger partial charge in [-0.3, -0.25) is 19.6 Å². The Labute approximate surface area is 309 Å². The molecule has 0 saturated carbocycles. The number of nitrogens with zero attached hydrogens (tertiary/aromatic N) is 2. The zero-order valence-electron chi connectivity index (χ0n) is 30.0. The molecule has 0 aliphatic rings. The quantitative estimate of drug-likeness (QED) is 0.129. The lowest BCUT2D eigenvalue weighted by molar-refractivity contribution is 0.774. The number of rotatable bonds is 7. The second kappa shape index (κ2) is 14.6. The van der Waals surface area contributed by atoms with Crippen LogP contribution < -0.4 is 22.6 Å². The highest BCUT2D eigenvalue weighted by atomic mass is 32.1. The van der Waals surface area contributed by atoms with Crippen molar-refractivity contribution in [3.05, 3.63) is 127 Å². The van der Waals surface area contributed by atoms with Gasteiger partial charge in [0.1, 0.15) is 9.40 Å². The van der Waals surface area contributed by atoms with Gasteiger partial charge in [0.25, 0.3) is 11.1 Å². The molecule has 264 valence electrons. The largest absolute Gasteiger partial charge is 0.330 e. The zero-order valence-corrected chi connectivity index (χ0v) is 31.6. The van der Waals surface area contributed by atoms with Gasteiger partial charge >= 0.3 is 0 Å². The van der Waals surface area contributed by atoms with Crippen LogP contribution in [0.2, 0.25) is 0 Å². The molecule has 0 fully saturated rings. The Morgan fingerprint density at radius 1 is 0.692 bits per heavy atom. The number of nitrogens with one attached hydrogen (secondary N) is 2. The molecule has 6 aromatic heterocycles. The van der Waals surface area contributed by atoms with E-state index < -0.39 is 0 Å². The van der Waals surface area contributed by atoms with E-state index in [1.807, 2.05) is 42.9 Å². The van der Waals surface area contributed by atoms with E-state index >= 15 is 0 Å². The van der Waals surface area contributed by atoms with Crippen molar-refractivity contribution in [3.8, 4) is 22.3 Å². The van der Waals surface area contributed by atoms with Crippen molar-refractivity contribution >= 4 is 64.7 Å². The van der Waals surface area contributed by atoms with Crippen molar-refractivity contribution < 1.29 is 0 Å². The van der Waals surface area contributed by atoms with E-state index in [2.05, 4.69) is 84.3 Å². The van der Waals surface area contributed by atoms with Crippen molar-refractivity contribution in [2.75, 3.05) is 13.1 Å². The first kappa shape index (κ1) is 35.4. The lowest BCUT2D eigenvalue weighted by Crippen LogP contribution is -2.09. The maximum Gasteiger partial charge on any atom is 0.266 e. The van der Waals surface area contributed by atoms with Crippen LogP contribution in [0, 0.1) is 13.8 Å². The van der Waals surface area contributed by atoms with E-state index in [4.69, 9.17) is 16.5 Å². The summed E-state index contributed by atoms with van der Waals surface area (Å²) in [4.78, 5) is 40.2. The molecule has 0 bridgehead atoms. The molecule has 2 unspecified atom stereocenters. The molecule has 8 nitrogen and oxygen atoms in total. The number of aryl methyl sites for hydroxylation is 3. The molecule has 6 N–H and O–H groups in total. The van der Waals surface area contributed by atoms with Crippen molar-refractivity contribution in [1.29, 1.82) is 0 Å². The third kappa shape index (κ3) is 6.26. The maximum atomic E-state index is 12.5. The van der Waals surface area contributed by atoms with E-state index in [0.29, 0.717) is 24.9 Å². The molecule has 0 saturated heterocycles. The molecular formula is C42H42N6O2S2. The van der Waals surface area contributed by atoms with E-state index in [1.165, 1.54) is 33.8 Å². The van der Waals surface area contributed by atoms with Crippen molar-refractivity contribution in [2.24, 2.45) is 11.5 Å². The minimum absolute atomic E-state index is 0.0419. The number of thiophene rings is 2. The van der Waals surface area contributed by atoms with Gasteiger partial charge in [-0.15, -0.1) is 22.7 Å². The summed E-state index contributed by atoms with van der Waals surface area (Å²) in [6.07, 6.45) is 2.73. The van der Waals surface area contributed by atoms with E-state index in [1.54, 1.807) is 0 Å². The molecule has 6 heterocycles. The van der Waals surface area contributed by atoms with Crippen LogP contribution in [0.3, 0.4) is 0 Å². The highest BCUT2D eigenvalue weighted by molar-refractivity contribution is 7.17. The highest BCUT2D eigenvalue weighted by Crippen LogP contribution is 2.38. The average molecular weight is 727 g/mol. The van der Waals surface area contributed by atoms with Gasteiger partial charge in [-0.2, -0.15) is 0 Å². The van der Waals surface area contributed by atoms with Crippen LogP contribution in [0.1, 0.15) is 60.8 Å². The van der Waals surface area contributed by atoms with Crippen LogP contribution in [-0.2, 0) is 6.42 Å². The van der Waals surface area contributed by atoms with Crippen molar-refractivity contribution in [2.45, 2.75) is 52.9 Å². The summed E-state index contributed by atoms with van der Waals surface area (Å²) in [6, 6.07) is 21.1. The number of aromatic amines is 2. The van der Waals surface area contributed by atoms with Crippen LogP contribution in [0.5, 0.6) is 0 Å². The lowest BCUT2D eigenvalue weighted by Gasteiger charge is -2.16. The Morgan fingerprint density at radius 3 is 1.71 bits per heavy atom. The first-order valence-electron chi connectivity index (χ1n) is 17.6. The average Bonchev–Trinajstić information content (AvgIpc) is 3.88. The van der Waals surface area contributed by atoms with Gasteiger partial charge in [-0.1, -0.05) is 69.3 Å². The van der Waals surface area contributed by atoms with E-state index in [0.717, 1.165) is 87.7 Å². The van der Waals surface area contributed by atoms with Crippen LogP contribution in [-0.4, -0.2) is 33.0 Å². The number of fused-ring (bicyclic) bond motifs is 6. The van der Waals surface area contributed by atoms with Gasteiger partial charge in [0, 0.05) is 44.6 Å². The summed E-state index contributed by atoms with van der Waals surface area (Å²) in [5, 5.41) is 8.09. The highest BCUT2D eigenvalue weighted by Gasteiger charge is 2.19. The number of hydrogen-bond donors (Lipinski definition) is 4. The summed E-state index contributed by atoms with van der Waals surface area (Å²) < 4.78 is 1.53. The minimum Gasteiger partial charge on any atom is -0.330 e. The third-order valence-electron chi connectivity index (χ3n) is 10.1. The summed E-state index contributed by atoms with van der Waals surface area (Å²) in [7, 11) is 0. The van der Waals surface area contributed by atoms with Gasteiger partial charge in [-0.25, -0.2) is 0 Å². The predicted octanol–water partition coefficient (Wildman–Crippen LogP) is 8.91. The Kier molecular flexibility index (Phi) is 9.91. The summed E-state index contributed by atoms with van der Waals surface area (Å²) >= 11 is 2.95. The Bertz CT molecular complexity index is 2690. The molecule has 0 amide bonds. The lowest BCUT2D eigenvalue weighted by atomic mass is 9.93. The Morgan fingerprint density at radius 2 is 1.19 bits per heavy atom. The summed E-state index contributed by atoms with van der Waals surface area (Å²) in [5.41, 5.74) is 22.7. The fourth-order valence-electron chi connectivity index (χ4n) is 6.96. The van der Waals surface area contributed by atoms with Crippen LogP contribution in [0.25, 0.3) is 64.2 Å².